The third-order valence-electron chi connectivity index (χ3n) is 3.03. The van der Waals surface area contributed by atoms with Gasteiger partial charge in [-0.15, -0.1) is 0 Å². The summed E-state index contributed by atoms with van der Waals surface area (Å²) in [6, 6.07) is 12.6. The lowest BCUT2D eigenvalue weighted by molar-refractivity contribution is 0.234. The SMILES string of the molecule is CCc1ccc(CNc2cccnc2OC(C)C)cc1. The van der Waals surface area contributed by atoms with E-state index in [2.05, 4.69) is 41.5 Å². The first-order valence-corrected chi connectivity index (χ1v) is 7.12. The molecular formula is C17H22N2O. The highest BCUT2D eigenvalue weighted by Gasteiger charge is 2.06. The molecule has 3 nitrogen and oxygen atoms in total. The average Bonchev–Trinajstić information content (AvgIpc) is 2.46. The van der Waals surface area contributed by atoms with Crippen molar-refractivity contribution in [2.45, 2.75) is 39.8 Å². The minimum absolute atomic E-state index is 0.120. The van der Waals surface area contributed by atoms with Crippen molar-refractivity contribution in [1.82, 2.24) is 4.98 Å². The molecule has 106 valence electrons. The molecular weight excluding hydrogens is 248 g/mol. The maximum Gasteiger partial charge on any atom is 0.237 e. The number of anilines is 1. The second-order valence-electron chi connectivity index (χ2n) is 5.05. The van der Waals surface area contributed by atoms with E-state index in [0.29, 0.717) is 5.88 Å². The molecule has 0 radical (unpaired) electrons. The molecule has 2 aromatic rings. The van der Waals surface area contributed by atoms with Gasteiger partial charge in [0.2, 0.25) is 5.88 Å². The van der Waals surface area contributed by atoms with Crippen LogP contribution in [-0.2, 0) is 13.0 Å². The van der Waals surface area contributed by atoms with Crippen molar-refractivity contribution in [3.05, 3.63) is 53.7 Å². The summed E-state index contributed by atoms with van der Waals surface area (Å²) in [6.45, 7) is 6.94. The molecule has 2 rings (SSSR count). The molecule has 0 bridgehead atoms. The van der Waals surface area contributed by atoms with Gasteiger partial charge in [0, 0.05) is 12.7 Å². The molecule has 0 spiro atoms. The van der Waals surface area contributed by atoms with Crippen molar-refractivity contribution in [1.29, 1.82) is 0 Å². The van der Waals surface area contributed by atoms with E-state index in [9.17, 15) is 0 Å². The Morgan fingerprint density at radius 3 is 2.45 bits per heavy atom. The largest absolute Gasteiger partial charge is 0.473 e. The zero-order valence-corrected chi connectivity index (χ0v) is 12.4. The average molecular weight is 270 g/mol. The highest BCUT2D eigenvalue weighted by atomic mass is 16.5. The molecule has 1 aromatic carbocycles. The summed E-state index contributed by atoms with van der Waals surface area (Å²) in [6.07, 6.45) is 2.94. The van der Waals surface area contributed by atoms with E-state index < -0.39 is 0 Å². The molecule has 0 saturated carbocycles. The van der Waals surface area contributed by atoms with Gasteiger partial charge in [0.25, 0.3) is 0 Å². The van der Waals surface area contributed by atoms with Gasteiger partial charge >= 0.3 is 0 Å². The maximum atomic E-state index is 5.70. The van der Waals surface area contributed by atoms with Crippen LogP contribution in [0.5, 0.6) is 5.88 Å². The van der Waals surface area contributed by atoms with Crippen LogP contribution in [0.1, 0.15) is 31.9 Å². The summed E-state index contributed by atoms with van der Waals surface area (Å²) in [5.74, 6) is 0.660. The second kappa shape index (κ2) is 6.94. The standard InChI is InChI=1S/C17H22N2O/c1-4-14-7-9-15(10-8-14)12-19-16-6-5-11-18-17(16)20-13(2)3/h5-11,13,19H,4,12H2,1-3H3. The Kier molecular flexibility index (Phi) is 4.99. The van der Waals surface area contributed by atoms with Crippen molar-refractivity contribution in [3.8, 4) is 5.88 Å². The number of ether oxygens (including phenoxy) is 1. The number of rotatable bonds is 6. The summed E-state index contributed by atoms with van der Waals surface area (Å²) in [5, 5.41) is 3.38. The second-order valence-corrected chi connectivity index (χ2v) is 5.05. The molecule has 1 aromatic heterocycles. The molecule has 0 aliphatic heterocycles. The van der Waals surface area contributed by atoms with Crippen molar-refractivity contribution in [2.24, 2.45) is 0 Å². The van der Waals surface area contributed by atoms with E-state index in [1.54, 1.807) is 6.20 Å². The number of hydrogen-bond donors (Lipinski definition) is 1. The Morgan fingerprint density at radius 1 is 1.10 bits per heavy atom. The van der Waals surface area contributed by atoms with Crippen molar-refractivity contribution in [2.75, 3.05) is 5.32 Å². The first kappa shape index (κ1) is 14.4. The van der Waals surface area contributed by atoms with Gasteiger partial charge in [-0.1, -0.05) is 31.2 Å². The number of benzene rings is 1. The first-order valence-electron chi connectivity index (χ1n) is 7.12. The van der Waals surface area contributed by atoms with E-state index in [4.69, 9.17) is 4.74 Å². The topological polar surface area (TPSA) is 34.2 Å². The van der Waals surface area contributed by atoms with Crippen LogP contribution in [0.2, 0.25) is 0 Å². The summed E-state index contributed by atoms with van der Waals surface area (Å²) in [5.41, 5.74) is 3.54. The third-order valence-corrected chi connectivity index (χ3v) is 3.03. The quantitative estimate of drug-likeness (QED) is 0.860. The molecule has 1 heterocycles. The summed E-state index contributed by atoms with van der Waals surface area (Å²) in [7, 11) is 0. The number of nitrogens with zero attached hydrogens (tertiary/aromatic N) is 1. The summed E-state index contributed by atoms with van der Waals surface area (Å²) >= 11 is 0. The Morgan fingerprint density at radius 2 is 1.80 bits per heavy atom. The Bertz CT molecular complexity index is 535. The fraction of sp³-hybridized carbons (Fsp3) is 0.353. The van der Waals surface area contributed by atoms with Crippen LogP contribution in [-0.4, -0.2) is 11.1 Å². The fourth-order valence-electron chi connectivity index (χ4n) is 1.93. The van der Waals surface area contributed by atoms with E-state index >= 15 is 0 Å². The lowest BCUT2D eigenvalue weighted by Gasteiger charge is -2.14. The minimum atomic E-state index is 0.120. The van der Waals surface area contributed by atoms with Crippen molar-refractivity contribution >= 4 is 5.69 Å². The number of nitrogens with one attached hydrogen (secondary N) is 1. The third kappa shape index (κ3) is 3.98. The highest BCUT2D eigenvalue weighted by Crippen LogP contribution is 2.22. The lowest BCUT2D eigenvalue weighted by atomic mass is 10.1. The van der Waals surface area contributed by atoms with Gasteiger partial charge < -0.3 is 10.1 Å². The Hall–Kier alpha value is -2.03. The van der Waals surface area contributed by atoms with Crippen LogP contribution in [0.25, 0.3) is 0 Å². The molecule has 1 N–H and O–H groups in total. The molecule has 0 amide bonds. The van der Waals surface area contributed by atoms with Gasteiger partial charge in [0.05, 0.1) is 11.8 Å². The van der Waals surface area contributed by atoms with Crippen molar-refractivity contribution in [3.63, 3.8) is 0 Å². The number of aromatic nitrogens is 1. The predicted octanol–water partition coefficient (Wildman–Crippen LogP) is 4.04. The van der Waals surface area contributed by atoms with Crippen LogP contribution < -0.4 is 10.1 Å². The maximum absolute atomic E-state index is 5.70. The van der Waals surface area contributed by atoms with Gasteiger partial charge in [-0.25, -0.2) is 4.98 Å². The molecule has 0 unspecified atom stereocenters. The van der Waals surface area contributed by atoms with Crippen LogP contribution in [0.15, 0.2) is 42.6 Å². The fourth-order valence-corrected chi connectivity index (χ4v) is 1.93. The van der Waals surface area contributed by atoms with Gasteiger partial charge in [-0.05, 0) is 43.5 Å². The summed E-state index contributed by atoms with van der Waals surface area (Å²) in [4.78, 5) is 4.27. The van der Waals surface area contributed by atoms with Crippen LogP contribution in [0, 0.1) is 0 Å². The molecule has 0 aliphatic carbocycles. The van der Waals surface area contributed by atoms with Crippen LogP contribution >= 0.6 is 0 Å². The monoisotopic (exact) mass is 270 g/mol. The summed E-state index contributed by atoms with van der Waals surface area (Å²) < 4.78 is 5.70. The van der Waals surface area contributed by atoms with E-state index in [1.807, 2.05) is 26.0 Å². The van der Waals surface area contributed by atoms with E-state index in [0.717, 1.165) is 18.7 Å². The zero-order chi connectivity index (χ0) is 14.4. The van der Waals surface area contributed by atoms with Crippen LogP contribution in [0.3, 0.4) is 0 Å². The van der Waals surface area contributed by atoms with Crippen LogP contribution in [0.4, 0.5) is 5.69 Å². The first-order chi connectivity index (χ1) is 9.69. The number of aryl methyl sites for hydroxylation is 1. The Labute approximate surface area is 121 Å². The zero-order valence-electron chi connectivity index (χ0n) is 12.4. The molecule has 0 saturated heterocycles. The lowest BCUT2D eigenvalue weighted by Crippen LogP contribution is -2.10. The molecule has 0 atom stereocenters. The molecule has 20 heavy (non-hydrogen) atoms. The highest BCUT2D eigenvalue weighted by molar-refractivity contribution is 5.52. The molecule has 3 heteroatoms. The van der Waals surface area contributed by atoms with Gasteiger partial charge in [-0.3, -0.25) is 0 Å². The van der Waals surface area contributed by atoms with Gasteiger partial charge in [0.15, 0.2) is 0 Å². The number of pyridine rings is 1. The van der Waals surface area contributed by atoms with Crippen molar-refractivity contribution < 1.29 is 4.74 Å². The van der Waals surface area contributed by atoms with E-state index in [-0.39, 0.29) is 6.10 Å². The normalized spacial score (nSPS) is 10.6. The van der Waals surface area contributed by atoms with E-state index in [1.165, 1.54) is 11.1 Å². The molecule has 0 fully saturated rings. The molecule has 0 aliphatic rings. The van der Waals surface area contributed by atoms with Gasteiger partial charge in [-0.2, -0.15) is 0 Å². The Balaban J connectivity index is 2.02. The predicted molar refractivity (Wildman–Crippen MR) is 83.1 cm³/mol. The number of hydrogen-bond acceptors (Lipinski definition) is 3. The minimum Gasteiger partial charge on any atom is -0.473 e. The smallest absolute Gasteiger partial charge is 0.237 e. The van der Waals surface area contributed by atoms with Gasteiger partial charge in [0.1, 0.15) is 0 Å².